The summed E-state index contributed by atoms with van der Waals surface area (Å²) >= 11 is 0. The molecule has 2 N–H and O–H groups in total. The molecule has 3 aliphatic heterocycles. The van der Waals surface area contributed by atoms with Crippen molar-refractivity contribution in [1.82, 2.24) is 15.1 Å². The summed E-state index contributed by atoms with van der Waals surface area (Å²) in [5.41, 5.74) is -8.74. The van der Waals surface area contributed by atoms with Crippen LogP contribution in [-0.4, -0.2) is 57.7 Å². The van der Waals surface area contributed by atoms with Gasteiger partial charge >= 0.3 is 0 Å². The minimum absolute atomic E-state index is 0.0161. The van der Waals surface area contributed by atoms with E-state index in [-0.39, 0.29) is 9.80 Å². The molecule has 0 radical (unpaired) electrons. The van der Waals surface area contributed by atoms with E-state index in [4.69, 9.17) is 29.4 Å². The second-order valence-corrected chi connectivity index (χ2v) is 9.12. The van der Waals surface area contributed by atoms with Crippen molar-refractivity contribution in [3.8, 4) is 0 Å². The van der Waals surface area contributed by atoms with Gasteiger partial charge in [-0.25, -0.2) is 4.39 Å². The molecule has 5 rings (SSSR count). The van der Waals surface area contributed by atoms with E-state index in [1.165, 1.54) is 5.32 Å². The molecule has 3 amide bonds. The molecule has 0 aromatic heterocycles. The number of piperidine rings is 1. The third-order valence-electron chi connectivity index (χ3n) is 5.39. The van der Waals surface area contributed by atoms with Crippen LogP contribution < -0.4 is 10.6 Å². The number of rotatable bonds is 6. The fourth-order valence-corrected chi connectivity index (χ4v) is 3.99. The average Bonchev–Trinajstić information content (AvgIpc) is 3.22. The molecular formula is C29H35FN4O4. The van der Waals surface area contributed by atoms with E-state index in [1.807, 2.05) is 0 Å². The van der Waals surface area contributed by atoms with Crippen LogP contribution in [-0.2, 0) is 33.8 Å². The SMILES string of the molecule is [2H]C([2H])(Nc1cccc2c1C([2H])([2H])N(C1([2H])C(=O)NC(=O)C([2H])([2H])C1([2H])[2H])C2=O)c1ccc(C([2H])([2H])N2C([2H])([2H])C(C)(C)OC(C)(C([2H])([2H])[2H])C2([2H])[2H])cc1F. The predicted molar refractivity (Wildman–Crippen MR) is 141 cm³/mol. The fraction of sp³-hybridized carbons (Fsp3) is 0.483. The van der Waals surface area contributed by atoms with E-state index in [0.717, 1.165) is 45.0 Å². The maximum Gasteiger partial charge on any atom is 0.255 e. The molecule has 2 atom stereocenters. The van der Waals surface area contributed by atoms with E-state index < -0.39 is 121 Å². The molecule has 9 heteroatoms. The van der Waals surface area contributed by atoms with Gasteiger partial charge in [0.05, 0.1) is 18.1 Å². The van der Waals surface area contributed by atoms with Gasteiger partial charge in [0.1, 0.15) is 11.8 Å². The number of fused-ring (bicyclic) bond motifs is 1. The van der Waals surface area contributed by atoms with Crippen molar-refractivity contribution in [3.63, 3.8) is 0 Å². The number of imide groups is 1. The molecule has 38 heavy (non-hydrogen) atoms. The van der Waals surface area contributed by atoms with Crippen molar-refractivity contribution in [3.05, 3.63) is 64.5 Å². The first kappa shape index (κ1) is 12.3. The van der Waals surface area contributed by atoms with Gasteiger partial charge in [-0.1, -0.05) is 18.2 Å². The summed E-state index contributed by atoms with van der Waals surface area (Å²) in [5, 5.41) is 3.67. The van der Waals surface area contributed by atoms with Crippen molar-refractivity contribution in [2.24, 2.45) is 0 Å². The van der Waals surface area contributed by atoms with Gasteiger partial charge in [0.2, 0.25) is 11.8 Å². The Morgan fingerprint density at radius 3 is 2.79 bits per heavy atom. The van der Waals surface area contributed by atoms with Gasteiger partial charge < -0.3 is 15.0 Å². The monoisotopic (exact) mass is 540 g/mol. The van der Waals surface area contributed by atoms with Crippen LogP contribution in [0.1, 0.15) is 92.1 Å². The number of nitrogens with one attached hydrogen (secondary N) is 2. The number of hydrogen-bond acceptors (Lipinski definition) is 6. The highest BCUT2D eigenvalue weighted by molar-refractivity contribution is 6.06. The Balaban J connectivity index is 1.56. The topological polar surface area (TPSA) is 91.0 Å². The number of halogens is 1. The molecule has 2 aromatic rings. The van der Waals surface area contributed by atoms with Gasteiger partial charge in [0, 0.05) is 79.1 Å². The number of carbonyl (C=O) groups is 3. The number of amides is 3. The van der Waals surface area contributed by atoms with E-state index in [0.29, 0.717) is 12.1 Å². The maximum atomic E-state index is 16.0. The first-order valence-electron chi connectivity index (χ1n) is 20.3. The number of nitrogens with zero attached hydrogens (tertiary/aromatic N) is 2. The van der Waals surface area contributed by atoms with Gasteiger partial charge in [-0.05, 0) is 57.8 Å². The number of anilines is 1. The zero-order valence-corrected chi connectivity index (χ0v) is 20.4. The highest BCUT2D eigenvalue weighted by atomic mass is 19.1. The van der Waals surface area contributed by atoms with Gasteiger partial charge in [0.15, 0.2) is 0 Å². The number of benzene rings is 2. The van der Waals surface area contributed by atoms with Crippen LogP contribution in [0.2, 0.25) is 0 Å². The highest BCUT2D eigenvalue weighted by Gasteiger charge is 2.40. The zero-order valence-electron chi connectivity index (χ0n) is 38.4. The lowest BCUT2D eigenvalue weighted by Gasteiger charge is -2.47. The largest absolute Gasteiger partial charge is 0.381 e. The summed E-state index contributed by atoms with van der Waals surface area (Å²) in [7, 11) is 0. The number of hydrogen-bond donors (Lipinski definition) is 2. The van der Waals surface area contributed by atoms with Crippen LogP contribution in [0.25, 0.3) is 0 Å². The van der Waals surface area contributed by atoms with E-state index >= 15 is 4.39 Å². The van der Waals surface area contributed by atoms with Crippen LogP contribution >= 0.6 is 0 Å². The molecule has 0 aliphatic carbocycles. The van der Waals surface area contributed by atoms with Crippen LogP contribution in [0.3, 0.4) is 0 Å². The molecule has 0 saturated carbocycles. The van der Waals surface area contributed by atoms with Crippen LogP contribution in [0.5, 0.6) is 0 Å². The predicted octanol–water partition coefficient (Wildman–Crippen LogP) is 3.59. The Labute approximate surface area is 247 Å². The van der Waals surface area contributed by atoms with Crippen molar-refractivity contribution in [2.45, 2.75) is 77.1 Å². The minimum atomic E-state index is -3.86. The molecule has 0 bridgehead atoms. The Bertz CT molecular complexity index is 2040. The molecule has 0 spiro atoms. The van der Waals surface area contributed by atoms with Crippen molar-refractivity contribution < 1.29 is 48.2 Å². The van der Waals surface area contributed by atoms with E-state index in [2.05, 4.69) is 5.32 Å². The normalized spacial score (nSPS) is 42.0. The summed E-state index contributed by atoms with van der Waals surface area (Å²) in [6, 6.07) is 1.22. The molecule has 8 nitrogen and oxygen atoms in total. The fourth-order valence-electron chi connectivity index (χ4n) is 3.99. The molecule has 3 heterocycles. The lowest BCUT2D eigenvalue weighted by Crippen LogP contribution is -2.56. The van der Waals surface area contributed by atoms with Gasteiger partial charge in [0.25, 0.3) is 5.91 Å². The lowest BCUT2D eigenvalue weighted by atomic mass is 9.98. The number of carbonyl (C=O) groups excluding carboxylic acids is 3. The molecule has 2 unspecified atom stereocenters. The maximum absolute atomic E-state index is 16.0. The Kier molecular flexibility index (Phi) is 3.15. The summed E-state index contributed by atoms with van der Waals surface area (Å²) in [5.74, 6) is -6.69. The minimum Gasteiger partial charge on any atom is -0.381 e. The van der Waals surface area contributed by atoms with Gasteiger partial charge in [-0.2, -0.15) is 0 Å². The molecule has 2 aromatic carbocycles. The van der Waals surface area contributed by atoms with Crippen LogP contribution in [0.15, 0.2) is 36.4 Å². The molecular weight excluding hydrogens is 487 g/mol. The Morgan fingerprint density at radius 1 is 1.24 bits per heavy atom. The van der Waals surface area contributed by atoms with Crippen LogP contribution in [0, 0.1) is 5.82 Å². The summed E-state index contributed by atoms with van der Waals surface area (Å²) in [6.07, 6.45) is -7.49. The first-order valence-corrected chi connectivity index (χ1v) is 11.3. The van der Waals surface area contributed by atoms with E-state index in [9.17, 15) is 14.4 Å². The third-order valence-corrected chi connectivity index (χ3v) is 5.39. The van der Waals surface area contributed by atoms with Gasteiger partial charge in [-0.3, -0.25) is 24.6 Å². The highest BCUT2D eigenvalue weighted by Crippen LogP contribution is 2.33. The smallest absolute Gasteiger partial charge is 0.255 e. The zero-order chi connectivity index (χ0) is 43.2. The van der Waals surface area contributed by atoms with Crippen molar-refractivity contribution >= 4 is 23.4 Å². The number of ether oxygens (including phenoxy) is 1. The molecule has 202 valence electrons. The van der Waals surface area contributed by atoms with Gasteiger partial charge in [-0.15, -0.1) is 0 Å². The van der Waals surface area contributed by atoms with Crippen molar-refractivity contribution in [2.75, 3.05) is 18.3 Å². The van der Waals surface area contributed by atoms with Crippen LogP contribution in [0.4, 0.5) is 10.1 Å². The quantitative estimate of drug-likeness (QED) is 0.545. The summed E-state index contributed by atoms with van der Waals surface area (Å²) < 4.78 is 174. The molecule has 3 aliphatic rings. The first-order chi connectivity index (χ1) is 24.8. The molecule has 2 fully saturated rings. The lowest BCUT2D eigenvalue weighted by molar-refractivity contribution is -0.182. The Hall–Kier alpha value is -3.30. The second-order valence-electron chi connectivity index (χ2n) is 9.12. The second kappa shape index (κ2) is 9.78. The van der Waals surface area contributed by atoms with E-state index in [1.54, 1.807) is 0 Å². The van der Waals surface area contributed by atoms with Crippen molar-refractivity contribution in [1.29, 1.82) is 0 Å². The Morgan fingerprint density at radius 2 is 2.03 bits per heavy atom. The average molecular weight is 541 g/mol. The third kappa shape index (κ3) is 5.44. The number of morpholine rings is 1. The standard InChI is InChI=1S/C29H35FN4O4/c1-28(2)16-33(17-29(3,4)38-28)14-18-8-9-19(22(30)12-18)13-31-23-7-5-6-20-21(23)15-34(27(20)37)24-10-11-25(35)32-26(24)36/h5-9,12,24,31H,10-11,13-17H2,1-4H3,(H,32,35,36)/i1D3,10D2,11D2,13D2,14D2,15D2,16D2,17D2,24D. The molecule has 2 saturated heterocycles. The summed E-state index contributed by atoms with van der Waals surface area (Å²) in [6.45, 7) is -16.7. The summed E-state index contributed by atoms with van der Waals surface area (Å²) in [4.78, 5) is 38.6.